The molecule has 1 atom stereocenters. The van der Waals surface area contributed by atoms with Gasteiger partial charge in [-0.15, -0.1) is 0 Å². The molecule has 148 valence electrons. The maximum atomic E-state index is 13.4. The molecule has 1 aliphatic heterocycles. The maximum absolute atomic E-state index is 13.4. The fourth-order valence-corrected chi connectivity index (χ4v) is 4.29. The van der Waals surface area contributed by atoms with E-state index in [9.17, 15) is 4.79 Å². The van der Waals surface area contributed by atoms with Crippen LogP contribution in [0, 0.1) is 0 Å². The largest absolute Gasteiger partial charge is 0.383 e. The van der Waals surface area contributed by atoms with Crippen LogP contribution in [0.1, 0.15) is 35.1 Å². The number of benzene rings is 2. The molecule has 6 heteroatoms. The Morgan fingerprint density at radius 3 is 3.00 bits per heavy atom. The SMILES string of the molecule is COCCn1ccc2ccc(C(=O)N3CCCC3c3nc4ccccc4[nH]3)cc21. The third-order valence-corrected chi connectivity index (χ3v) is 5.79. The van der Waals surface area contributed by atoms with Crippen molar-refractivity contribution in [3.05, 3.63) is 66.1 Å². The molecule has 0 aliphatic carbocycles. The smallest absolute Gasteiger partial charge is 0.254 e. The van der Waals surface area contributed by atoms with Crippen LogP contribution >= 0.6 is 0 Å². The number of hydrogen-bond donors (Lipinski definition) is 1. The molecular formula is C23H24N4O2. The van der Waals surface area contributed by atoms with Crippen molar-refractivity contribution in [2.24, 2.45) is 0 Å². The van der Waals surface area contributed by atoms with Crippen LogP contribution in [0.15, 0.2) is 54.7 Å². The third-order valence-electron chi connectivity index (χ3n) is 5.79. The zero-order valence-corrected chi connectivity index (χ0v) is 16.5. The standard InChI is InChI=1S/C23H24N4O2/c1-29-14-13-26-12-10-16-8-9-17(15-21(16)26)23(28)27-11-4-7-20(27)22-24-18-5-2-3-6-19(18)25-22/h2-3,5-6,8-10,12,15,20H,4,7,11,13-14H2,1H3,(H,24,25). The van der Waals surface area contributed by atoms with Gasteiger partial charge in [0.1, 0.15) is 5.82 Å². The molecule has 6 nitrogen and oxygen atoms in total. The van der Waals surface area contributed by atoms with Crippen molar-refractivity contribution in [2.45, 2.75) is 25.4 Å². The lowest BCUT2D eigenvalue weighted by Crippen LogP contribution is -2.31. The van der Waals surface area contributed by atoms with Gasteiger partial charge in [-0.3, -0.25) is 4.79 Å². The van der Waals surface area contributed by atoms with E-state index in [2.05, 4.69) is 15.6 Å². The van der Waals surface area contributed by atoms with Crippen LogP contribution in [0.3, 0.4) is 0 Å². The van der Waals surface area contributed by atoms with Gasteiger partial charge >= 0.3 is 0 Å². The van der Waals surface area contributed by atoms with Gasteiger partial charge in [0.2, 0.25) is 0 Å². The number of methoxy groups -OCH3 is 1. The Labute approximate surface area is 169 Å². The third kappa shape index (κ3) is 3.19. The number of para-hydroxylation sites is 2. The molecule has 1 unspecified atom stereocenters. The molecule has 5 rings (SSSR count). The highest BCUT2D eigenvalue weighted by molar-refractivity contribution is 5.98. The quantitative estimate of drug-likeness (QED) is 0.559. The first kappa shape index (κ1) is 17.9. The Bertz CT molecular complexity index is 1140. The van der Waals surface area contributed by atoms with Crippen molar-refractivity contribution in [3.63, 3.8) is 0 Å². The number of aromatic nitrogens is 3. The summed E-state index contributed by atoms with van der Waals surface area (Å²) in [5, 5.41) is 1.13. The molecule has 2 aromatic heterocycles. The lowest BCUT2D eigenvalue weighted by molar-refractivity contribution is 0.0730. The summed E-state index contributed by atoms with van der Waals surface area (Å²) in [5.74, 6) is 0.941. The lowest BCUT2D eigenvalue weighted by atomic mass is 10.1. The predicted octanol–water partition coefficient (Wildman–Crippen LogP) is 4.14. The molecule has 0 saturated carbocycles. The van der Waals surface area contributed by atoms with Crippen molar-refractivity contribution < 1.29 is 9.53 Å². The molecule has 1 aliphatic rings. The molecule has 3 heterocycles. The minimum absolute atomic E-state index is 0.00845. The van der Waals surface area contributed by atoms with Gasteiger partial charge in [0.25, 0.3) is 5.91 Å². The molecule has 1 saturated heterocycles. The summed E-state index contributed by atoms with van der Waals surface area (Å²) < 4.78 is 7.34. The van der Waals surface area contributed by atoms with Gasteiger partial charge in [0.15, 0.2) is 0 Å². The second-order valence-corrected chi connectivity index (χ2v) is 7.57. The Morgan fingerprint density at radius 2 is 2.14 bits per heavy atom. The highest BCUT2D eigenvalue weighted by atomic mass is 16.5. The van der Waals surface area contributed by atoms with Crippen LogP contribution < -0.4 is 0 Å². The van der Waals surface area contributed by atoms with E-state index in [0.29, 0.717) is 6.61 Å². The van der Waals surface area contributed by atoms with Crippen molar-refractivity contribution in [1.82, 2.24) is 19.4 Å². The summed E-state index contributed by atoms with van der Waals surface area (Å²) in [6.45, 7) is 2.16. The van der Waals surface area contributed by atoms with E-state index >= 15 is 0 Å². The molecule has 1 fully saturated rings. The number of amides is 1. The van der Waals surface area contributed by atoms with Gasteiger partial charge in [-0.25, -0.2) is 4.98 Å². The Kier molecular flexibility index (Phi) is 4.56. The topological polar surface area (TPSA) is 63.1 Å². The fraction of sp³-hybridized carbons (Fsp3) is 0.304. The number of carbonyl (C=O) groups excluding carboxylic acids is 1. The first-order valence-corrected chi connectivity index (χ1v) is 10.1. The van der Waals surface area contributed by atoms with E-state index in [1.54, 1.807) is 7.11 Å². The van der Waals surface area contributed by atoms with Gasteiger partial charge in [0.05, 0.1) is 23.7 Å². The Hall–Kier alpha value is -3.12. The second kappa shape index (κ2) is 7.37. The summed E-state index contributed by atoms with van der Waals surface area (Å²) in [5.41, 5.74) is 3.74. The van der Waals surface area contributed by atoms with Gasteiger partial charge in [-0.1, -0.05) is 18.2 Å². The van der Waals surface area contributed by atoms with Crippen LogP contribution in [-0.4, -0.2) is 45.6 Å². The minimum Gasteiger partial charge on any atom is -0.383 e. The van der Waals surface area contributed by atoms with Gasteiger partial charge in [-0.05, 0) is 48.6 Å². The van der Waals surface area contributed by atoms with Crippen LogP contribution in [0.5, 0.6) is 0 Å². The number of H-pyrrole nitrogens is 1. The summed E-state index contributed by atoms with van der Waals surface area (Å²) in [4.78, 5) is 23.5. The van der Waals surface area contributed by atoms with Crippen LogP contribution in [0.4, 0.5) is 0 Å². The number of imidazole rings is 1. The molecule has 1 N–H and O–H groups in total. The first-order chi connectivity index (χ1) is 14.2. The van der Waals surface area contributed by atoms with E-state index in [1.807, 2.05) is 53.6 Å². The number of aromatic amines is 1. The minimum atomic E-state index is -0.00845. The van der Waals surface area contributed by atoms with E-state index in [-0.39, 0.29) is 11.9 Å². The number of nitrogens with zero attached hydrogens (tertiary/aromatic N) is 3. The normalized spacial score (nSPS) is 16.9. The average molecular weight is 388 g/mol. The van der Waals surface area contributed by atoms with Crippen LogP contribution in [0.2, 0.25) is 0 Å². The summed E-state index contributed by atoms with van der Waals surface area (Å²) >= 11 is 0. The highest BCUT2D eigenvalue weighted by Gasteiger charge is 2.32. The van der Waals surface area contributed by atoms with Crippen molar-refractivity contribution in [3.8, 4) is 0 Å². The lowest BCUT2D eigenvalue weighted by Gasteiger charge is -2.23. The number of ether oxygens (including phenoxy) is 1. The highest BCUT2D eigenvalue weighted by Crippen LogP contribution is 2.33. The Balaban J connectivity index is 1.45. The van der Waals surface area contributed by atoms with Crippen LogP contribution in [-0.2, 0) is 11.3 Å². The zero-order valence-electron chi connectivity index (χ0n) is 16.5. The van der Waals surface area contributed by atoms with Crippen LogP contribution in [0.25, 0.3) is 21.9 Å². The average Bonchev–Trinajstić information content (AvgIpc) is 3.48. The summed E-state index contributed by atoms with van der Waals surface area (Å²) in [6, 6.07) is 16.0. The summed E-state index contributed by atoms with van der Waals surface area (Å²) in [7, 11) is 1.70. The fourth-order valence-electron chi connectivity index (χ4n) is 4.29. The predicted molar refractivity (Wildman–Crippen MR) is 113 cm³/mol. The molecule has 0 spiro atoms. The van der Waals surface area contributed by atoms with E-state index in [0.717, 1.165) is 59.3 Å². The monoisotopic (exact) mass is 388 g/mol. The molecule has 2 aromatic carbocycles. The van der Waals surface area contributed by atoms with Crippen molar-refractivity contribution >= 4 is 27.8 Å². The number of hydrogen-bond acceptors (Lipinski definition) is 3. The van der Waals surface area contributed by atoms with Crippen molar-refractivity contribution in [1.29, 1.82) is 0 Å². The van der Waals surface area contributed by atoms with Gasteiger partial charge in [-0.2, -0.15) is 0 Å². The molecule has 29 heavy (non-hydrogen) atoms. The van der Waals surface area contributed by atoms with Crippen molar-refractivity contribution in [2.75, 3.05) is 20.3 Å². The molecule has 4 aromatic rings. The van der Waals surface area contributed by atoms with Gasteiger partial charge < -0.3 is 19.2 Å². The van der Waals surface area contributed by atoms with E-state index < -0.39 is 0 Å². The second-order valence-electron chi connectivity index (χ2n) is 7.57. The number of likely N-dealkylation sites (tertiary alicyclic amines) is 1. The molecule has 0 radical (unpaired) electrons. The van der Waals surface area contributed by atoms with Gasteiger partial charge in [0, 0.05) is 37.5 Å². The number of carbonyl (C=O) groups is 1. The van der Waals surface area contributed by atoms with E-state index in [1.165, 1.54) is 0 Å². The molecule has 0 bridgehead atoms. The molecular weight excluding hydrogens is 364 g/mol. The van der Waals surface area contributed by atoms with E-state index in [4.69, 9.17) is 9.72 Å². The maximum Gasteiger partial charge on any atom is 0.254 e. The summed E-state index contributed by atoms with van der Waals surface area (Å²) in [6.07, 6.45) is 3.96. The number of fused-ring (bicyclic) bond motifs is 2. The zero-order chi connectivity index (χ0) is 19.8. The number of nitrogens with one attached hydrogen (secondary N) is 1. The first-order valence-electron chi connectivity index (χ1n) is 10.1. The Morgan fingerprint density at radius 1 is 1.24 bits per heavy atom. The molecule has 1 amide bonds. The number of rotatable bonds is 5.